The van der Waals surface area contributed by atoms with E-state index in [-0.39, 0.29) is 18.4 Å². The van der Waals surface area contributed by atoms with Gasteiger partial charge in [0.05, 0.1) is 24.9 Å². The fourth-order valence-electron chi connectivity index (χ4n) is 2.90. The Morgan fingerprint density at radius 3 is 2.31 bits per heavy atom. The molecule has 0 aliphatic heterocycles. The van der Waals surface area contributed by atoms with Gasteiger partial charge in [-0.1, -0.05) is 30.3 Å². The highest BCUT2D eigenvalue weighted by Crippen LogP contribution is 2.32. The second-order valence-electron chi connectivity index (χ2n) is 6.82. The zero-order chi connectivity index (χ0) is 21.0. The molecule has 29 heavy (non-hydrogen) atoms. The number of carbonyl (C=O) groups is 2. The van der Waals surface area contributed by atoms with Gasteiger partial charge in [0.1, 0.15) is 11.4 Å². The number of likely N-dealkylation sites (N-methyl/N-ethyl adjacent to an activating group) is 2. The molecule has 1 aromatic heterocycles. The Morgan fingerprint density at radius 1 is 1.00 bits per heavy atom. The molecule has 0 saturated heterocycles. The largest absolute Gasteiger partial charge is 0.496 e. The smallest absolute Gasteiger partial charge is 0.257 e. The van der Waals surface area contributed by atoms with E-state index in [0.717, 1.165) is 5.69 Å². The van der Waals surface area contributed by atoms with Gasteiger partial charge in [0.15, 0.2) is 0 Å². The summed E-state index contributed by atoms with van der Waals surface area (Å²) >= 11 is 0. The molecule has 0 N–H and O–H groups in total. The Bertz CT molecular complexity index is 1010. The molecule has 0 radical (unpaired) electrons. The van der Waals surface area contributed by atoms with Crippen LogP contribution in [0.3, 0.4) is 0 Å². The number of nitrogens with zero attached hydrogens (tertiary/aromatic N) is 4. The van der Waals surface area contributed by atoms with Gasteiger partial charge in [0, 0.05) is 32.9 Å². The van der Waals surface area contributed by atoms with Crippen molar-refractivity contribution in [2.75, 3.05) is 34.8 Å². The Labute approximate surface area is 170 Å². The van der Waals surface area contributed by atoms with Crippen molar-refractivity contribution in [1.29, 1.82) is 0 Å². The van der Waals surface area contributed by atoms with Gasteiger partial charge in [-0.2, -0.15) is 5.10 Å². The highest BCUT2D eigenvalue weighted by molar-refractivity contribution is 6.01. The van der Waals surface area contributed by atoms with Crippen molar-refractivity contribution in [3.05, 3.63) is 66.4 Å². The lowest BCUT2D eigenvalue weighted by molar-refractivity contribution is -0.129. The first-order valence-electron chi connectivity index (χ1n) is 9.16. The number of aromatic nitrogens is 2. The maximum absolute atomic E-state index is 13.2. The predicted molar refractivity (Wildman–Crippen MR) is 111 cm³/mol. The van der Waals surface area contributed by atoms with Crippen molar-refractivity contribution in [3.8, 4) is 22.7 Å². The molecule has 0 unspecified atom stereocenters. The molecule has 0 atom stereocenters. The van der Waals surface area contributed by atoms with Crippen LogP contribution in [0.1, 0.15) is 10.4 Å². The molecule has 150 valence electrons. The first-order chi connectivity index (χ1) is 13.9. The number of benzene rings is 2. The van der Waals surface area contributed by atoms with Crippen LogP contribution in [-0.2, 0) is 4.79 Å². The van der Waals surface area contributed by atoms with Gasteiger partial charge < -0.3 is 14.5 Å². The summed E-state index contributed by atoms with van der Waals surface area (Å²) in [5.41, 5.74) is 2.43. The average Bonchev–Trinajstić information content (AvgIpc) is 3.18. The molecule has 3 rings (SSSR count). The molecule has 7 heteroatoms. The first-order valence-corrected chi connectivity index (χ1v) is 9.16. The van der Waals surface area contributed by atoms with E-state index >= 15 is 0 Å². The van der Waals surface area contributed by atoms with Crippen molar-refractivity contribution >= 4 is 11.8 Å². The monoisotopic (exact) mass is 392 g/mol. The molecule has 2 amide bonds. The van der Waals surface area contributed by atoms with Gasteiger partial charge in [0.2, 0.25) is 5.91 Å². The number of hydrogen-bond donors (Lipinski definition) is 0. The van der Waals surface area contributed by atoms with Crippen molar-refractivity contribution in [1.82, 2.24) is 19.6 Å². The fraction of sp³-hybridized carbons (Fsp3) is 0.227. The van der Waals surface area contributed by atoms with Crippen LogP contribution in [0.15, 0.2) is 60.8 Å². The molecule has 0 bridgehead atoms. The van der Waals surface area contributed by atoms with Crippen molar-refractivity contribution < 1.29 is 14.3 Å². The standard InChI is InChI=1S/C22H24N4O3/c1-24(2)20(27)15-25(3)22(28)18-14-26(16-10-6-5-7-11-16)23-21(18)17-12-8-9-13-19(17)29-4/h5-14H,15H2,1-4H3. The number of methoxy groups -OCH3 is 1. The minimum Gasteiger partial charge on any atom is -0.496 e. The highest BCUT2D eigenvalue weighted by atomic mass is 16.5. The average molecular weight is 392 g/mol. The van der Waals surface area contributed by atoms with Gasteiger partial charge in [-0.05, 0) is 24.3 Å². The molecular weight excluding hydrogens is 368 g/mol. The third kappa shape index (κ3) is 4.29. The maximum atomic E-state index is 13.2. The molecule has 0 fully saturated rings. The number of carbonyl (C=O) groups excluding carboxylic acids is 2. The molecule has 0 aliphatic carbocycles. The van der Waals surface area contributed by atoms with Gasteiger partial charge in [-0.3, -0.25) is 9.59 Å². The normalized spacial score (nSPS) is 10.5. The van der Waals surface area contributed by atoms with Gasteiger partial charge >= 0.3 is 0 Å². The van der Waals surface area contributed by atoms with Gasteiger partial charge in [-0.25, -0.2) is 4.68 Å². The van der Waals surface area contributed by atoms with Crippen LogP contribution in [0, 0.1) is 0 Å². The summed E-state index contributed by atoms with van der Waals surface area (Å²) in [4.78, 5) is 28.1. The van der Waals surface area contributed by atoms with Crippen LogP contribution < -0.4 is 4.74 Å². The van der Waals surface area contributed by atoms with E-state index in [1.807, 2.05) is 54.6 Å². The van der Waals surface area contributed by atoms with Crippen LogP contribution in [0.2, 0.25) is 0 Å². The number of para-hydroxylation sites is 2. The Balaban J connectivity index is 2.08. The summed E-state index contributed by atoms with van der Waals surface area (Å²) in [5.74, 6) is 0.172. The second kappa shape index (κ2) is 8.60. The third-order valence-corrected chi connectivity index (χ3v) is 4.55. The Hall–Kier alpha value is -3.61. The van der Waals surface area contributed by atoms with Crippen LogP contribution in [-0.4, -0.2) is 66.2 Å². The first kappa shape index (κ1) is 20.1. The molecule has 2 aromatic carbocycles. The lowest BCUT2D eigenvalue weighted by Crippen LogP contribution is -2.37. The molecule has 0 aliphatic rings. The van der Waals surface area contributed by atoms with E-state index in [1.165, 1.54) is 9.80 Å². The van der Waals surface area contributed by atoms with Crippen LogP contribution in [0.5, 0.6) is 5.75 Å². The summed E-state index contributed by atoms with van der Waals surface area (Å²) in [6.45, 7) is -0.0201. The van der Waals surface area contributed by atoms with E-state index in [9.17, 15) is 9.59 Å². The van der Waals surface area contributed by atoms with E-state index in [2.05, 4.69) is 5.10 Å². The van der Waals surface area contributed by atoms with Crippen LogP contribution in [0.25, 0.3) is 16.9 Å². The molecule has 0 saturated carbocycles. The van der Waals surface area contributed by atoms with E-state index in [4.69, 9.17) is 4.74 Å². The summed E-state index contributed by atoms with van der Waals surface area (Å²) in [5, 5.41) is 4.67. The number of hydrogen-bond acceptors (Lipinski definition) is 4. The Morgan fingerprint density at radius 2 is 1.66 bits per heavy atom. The lowest BCUT2D eigenvalue weighted by atomic mass is 10.1. The quantitative estimate of drug-likeness (QED) is 0.647. The van der Waals surface area contributed by atoms with E-state index in [1.54, 1.807) is 39.1 Å². The van der Waals surface area contributed by atoms with E-state index in [0.29, 0.717) is 22.6 Å². The molecule has 0 spiro atoms. The summed E-state index contributed by atoms with van der Waals surface area (Å²) in [6, 6.07) is 17.0. The zero-order valence-electron chi connectivity index (χ0n) is 17.0. The molecule has 1 heterocycles. The van der Waals surface area contributed by atoms with Crippen molar-refractivity contribution in [3.63, 3.8) is 0 Å². The minimum atomic E-state index is -0.289. The number of rotatable bonds is 6. The zero-order valence-corrected chi connectivity index (χ0v) is 17.0. The summed E-state index contributed by atoms with van der Waals surface area (Å²) in [7, 11) is 6.51. The summed E-state index contributed by atoms with van der Waals surface area (Å²) < 4.78 is 7.13. The topological polar surface area (TPSA) is 67.7 Å². The number of amides is 2. The highest BCUT2D eigenvalue weighted by Gasteiger charge is 2.24. The number of ether oxygens (including phenoxy) is 1. The SMILES string of the molecule is COc1ccccc1-c1nn(-c2ccccc2)cc1C(=O)N(C)CC(=O)N(C)C. The Kier molecular flexibility index (Phi) is 5.97. The van der Waals surface area contributed by atoms with Crippen molar-refractivity contribution in [2.24, 2.45) is 0 Å². The second-order valence-corrected chi connectivity index (χ2v) is 6.82. The predicted octanol–water partition coefficient (Wildman–Crippen LogP) is 2.71. The van der Waals surface area contributed by atoms with Gasteiger partial charge in [0.25, 0.3) is 5.91 Å². The van der Waals surface area contributed by atoms with Crippen molar-refractivity contribution in [2.45, 2.75) is 0 Å². The third-order valence-electron chi connectivity index (χ3n) is 4.55. The fourth-order valence-corrected chi connectivity index (χ4v) is 2.90. The maximum Gasteiger partial charge on any atom is 0.257 e. The molecule has 7 nitrogen and oxygen atoms in total. The van der Waals surface area contributed by atoms with Crippen LogP contribution >= 0.6 is 0 Å². The molecular formula is C22H24N4O3. The minimum absolute atomic E-state index is 0.0201. The molecule has 3 aromatic rings. The van der Waals surface area contributed by atoms with Crippen LogP contribution in [0.4, 0.5) is 0 Å². The lowest BCUT2D eigenvalue weighted by Gasteiger charge is -2.19. The van der Waals surface area contributed by atoms with E-state index < -0.39 is 0 Å². The summed E-state index contributed by atoms with van der Waals surface area (Å²) in [6.07, 6.45) is 1.69. The van der Waals surface area contributed by atoms with Gasteiger partial charge in [-0.15, -0.1) is 0 Å².